The summed E-state index contributed by atoms with van der Waals surface area (Å²) in [5.74, 6) is -1.16. The van der Waals surface area contributed by atoms with Crippen LogP contribution in [0.1, 0.15) is 0 Å². The minimum Gasteiger partial charge on any atom is -0.484 e. The topological polar surface area (TPSA) is 66.9 Å². The Hall–Kier alpha value is -2.52. The number of piperazine rings is 1. The van der Waals surface area contributed by atoms with Crippen LogP contribution in [0.15, 0.2) is 53.4 Å². The van der Waals surface area contributed by atoms with Gasteiger partial charge in [0.05, 0.1) is 4.90 Å². The molecule has 0 aromatic heterocycles. The first-order valence-corrected chi connectivity index (χ1v) is 9.72. The van der Waals surface area contributed by atoms with Gasteiger partial charge < -0.3 is 9.64 Å². The predicted molar refractivity (Wildman–Crippen MR) is 93.6 cm³/mol. The van der Waals surface area contributed by atoms with Crippen molar-refractivity contribution in [3.05, 3.63) is 60.2 Å². The van der Waals surface area contributed by atoms with Crippen LogP contribution in [-0.2, 0) is 14.8 Å². The molecule has 144 valence electrons. The minimum absolute atomic E-state index is 0.102. The maximum absolute atomic E-state index is 13.3. The van der Waals surface area contributed by atoms with Crippen LogP contribution in [-0.4, -0.2) is 56.3 Å². The summed E-state index contributed by atoms with van der Waals surface area (Å²) in [6.07, 6.45) is 0. The maximum atomic E-state index is 13.3. The number of ether oxygens (including phenoxy) is 1. The highest BCUT2D eigenvalue weighted by Crippen LogP contribution is 2.19. The van der Waals surface area contributed by atoms with E-state index in [1.54, 1.807) is 6.07 Å². The van der Waals surface area contributed by atoms with E-state index in [2.05, 4.69) is 0 Å². The summed E-state index contributed by atoms with van der Waals surface area (Å²) in [7, 11) is -3.81. The zero-order valence-electron chi connectivity index (χ0n) is 14.3. The first kappa shape index (κ1) is 19.2. The summed E-state index contributed by atoms with van der Waals surface area (Å²) in [6, 6.07) is 10.3. The Morgan fingerprint density at radius 3 is 2.22 bits per heavy atom. The molecule has 6 nitrogen and oxygen atoms in total. The second-order valence-corrected chi connectivity index (χ2v) is 7.93. The second-order valence-electron chi connectivity index (χ2n) is 5.99. The summed E-state index contributed by atoms with van der Waals surface area (Å²) in [6.45, 7) is 0.328. The molecule has 0 bridgehead atoms. The molecule has 0 saturated carbocycles. The van der Waals surface area contributed by atoms with E-state index in [-0.39, 0.29) is 49.3 Å². The van der Waals surface area contributed by atoms with Crippen molar-refractivity contribution in [2.45, 2.75) is 4.90 Å². The summed E-state index contributed by atoms with van der Waals surface area (Å²) in [4.78, 5) is 13.6. The average molecular weight is 396 g/mol. The third kappa shape index (κ3) is 4.61. The largest absolute Gasteiger partial charge is 0.484 e. The number of rotatable bonds is 5. The zero-order valence-corrected chi connectivity index (χ0v) is 15.2. The molecule has 0 aliphatic carbocycles. The quantitative estimate of drug-likeness (QED) is 0.774. The molecule has 1 amide bonds. The first-order valence-electron chi connectivity index (χ1n) is 8.28. The van der Waals surface area contributed by atoms with E-state index in [1.165, 1.54) is 45.6 Å². The van der Waals surface area contributed by atoms with Gasteiger partial charge in [0.15, 0.2) is 6.61 Å². The maximum Gasteiger partial charge on any atom is 0.260 e. The van der Waals surface area contributed by atoms with E-state index < -0.39 is 21.7 Å². The zero-order chi connectivity index (χ0) is 19.4. The van der Waals surface area contributed by atoms with Gasteiger partial charge in [-0.1, -0.05) is 12.1 Å². The van der Waals surface area contributed by atoms with Gasteiger partial charge in [-0.05, 0) is 30.3 Å². The number of nitrogens with zero attached hydrogens (tertiary/aromatic N) is 2. The summed E-state index contributed by atoms with van der Waals surface area (Å²) in [5.41, 5.74) is 0. The minimum atomic E-state index is -3.81. The molecule has 1 aliphatic heterocycles. The van der Waals surface area contributed by atoms with Gasteiger partial charge in [0, 0.05) is 32.2 Å². The highest BCUT2D eigenvalue weighted by atomic mass is 32.2. The van der Waals surface area contributed by atoms with E-state index in [0.29, 0.717) is 0 Å². The number of amides is 1. The number of hydrogen-bond donors (Lipinski definition) is 0. The molecule has 2 aromatic carbocycles. The van der Waals surface area contributed by atoms with Crippen LogP contribution >= 0.6 is 0 Å². The van der Waals surface area contributed by atoms with E-state index in [9.17, 15) is 22.0 Å². The van der Waals surface area contributed by atoms with Crippen LogP contribution in [0.4, 0.5) is 8.78 Å². The fraction of sp³-hybridized carbons (Fsp3) is 0.278. The van der Waals surface area contributed by atoms with Crippen LogP contribution in [0.2, 0.25) is 0 Å². The van der Waals surface area contributed by atoms with Gasteiger partial charge in [-0.3, -0.25) is 4.79 Å². The third-order valence-electron chi connectivity index (χ3n) is 4.18. The summed E-state index contributed by atoms with van der Waals surface area (Å²) >= 11 is 0. The number of hydrogen-bond acceptors (Lipinski definition) is 4. The molecule has 0 spiro atoms. The van der Waals surface area contributed by atoms with Gasteiger partial charge in [-0.15, -0.1) is 0 Å². The molecule has 1 heterocycles. The average Bonchev–Trinajstić information content (AvgIpc) is 2.66. The van der Waals surface area contributed by atoms with E-state index in [1.807, 2.05) is 0 Å². The van der Waals surface area contributed by atoms with Crippen molar-refractivity contribution in [2.24, 2.45) is 0 Å². The Morgan fingerprint density at radius 2 is 1.59 bits per heavy atom. The Morgan fingerprint density at radius 1 is 0.963 bits per heavy atom. The first-order chi connectivity index (χ1) is 12.9. The molecule has 27 heavy (non-hydrogen) atoms. The lowest BCUT2D eigenvalue weighted by atomic mass is 10.3. The highest BCUT2D eigenvalue weighted by Gasteiger charge is 2.30. The second kappa shape index (κ2) is 8.01. The summed E-state index contributed by atoms with van der Waals surface area (Å²) in [5, 5.41) is 0. The van der Waals surface area contributed by atoms with Gasteiger partial charge in [-0.2, -0.15) is 4.31 Å². The van der Waals surface area contributed by atoms with Gasteiger partial charge in [0.2, 0.25) is 10.0 Å². The molecule has 0 atom stereocenters. The third-order valence-corrected chi connectivity index (χ3v) is 6.08. The van der Waals surface area contributed by atoms with Crippen molar-refractivity contribution in [1.82, 2.24) is 9.21 Å². The molecule has 3 rings (SSSR count). The lowest BCUT2D eigenvalue weighted by Crippen LogP contribution is -2.51. The van der Waals surface area contributed by atoms with Crippen molar-refractivity contribution in [1.29, 1.82) is 0 Å². The predicted octanol–water partition coefficient (Wildman–Crippen LogP) is 1.88. The molecular formula is C18H18F2N2O4S. The Balaban J connectivity index is 1.56. The number of benzene rings is 2. The number of carbonyl (C=O) groups excluding carboxylic acids is 1. The molecule has 1 saturated heterocycles. The standard InChI is InChI=1S/C18H18F2N2O4S/c19-14-3-1-5-16(11-14)26-13-18(23)21-7-9-22(10-8-21)27(24,25)17-6-2-4-15(20)12-17/h1-6,11-12H,7-10,13H2. The molecule has 9 heteroatoms. The molecule has 1 fully saturated rings. The number of sulfonamides is 1. The van der Waals surface area contributed by atoms with Gasteiger partial charge >= 0.3 is 0 Å². The van der Waals surface area contributed by atoms with Gasteiger partial charge in [0.1, 0.15) is 17.4 Å². The molecule has 2 aromatic rings. The lowest BCUT2D eigenvalue weighted by Gasteiger charge is -2.34. The van der Waals surface area contributed by atoms with Crippen LogP contribution in [0.5, 0.6) is 5.75 Å². The SMILES string of the molecule is O=C(COc1cccc(F)c1)N1CCN(S(=O)(=O)c2cccc(F)c2)CC1. The van der Waals surface area contributed by atoms with Crippen LogP contribution in [0.3, 0.4) is 0 Å². The highest BCUT2D eigenvalue weighted by molar-refractivity contribution is 7.89. The molecule has 1 aliphatic rings. The van der Waals surface area contributed by atoms with Crippen LogP contribution in [0.25, 0.3) is 0 Å². The summed E-state index contributed by atoms with van der Waals surface area (Å²) < 4.78 is 58.0. The number of halogens is 2. The van der Waals surface area contributed by atoms with Crippen LogP contribution < -0.4 is 4.74 Å². The Labute approximate surface area is 156 Å². The molecule has 0 radical (unpaired) electrons. The van der Waals surface area contributed by atoms with Crippen LogP contribution in [0, 0.1) is 11.6 Å². The fourth-order valence-electron chi connectivity index (χ4n) is 2.75. The number of carbonyl (C=O) groups is 1. The van der Waals surface area contributed by atoms with E-state index in [4.69, 9.17) is 4.74 Å². The van der Waals surface area contributed by atoms with Crippen molar-refractivity contribution < 1.29 is 26.7 Å². The van der Waals surface area contributed by atoms with Crippen molar-refractivity contribution in [3.8, 4) is 5.75 Å². The van der Waals surface area contributed by atoms with E-state index >= 15 is 0 Å². The van der Waals surface area contributed by atoms with Crippen molar-refractivity contribution in [3.63, 3.8) is 0 Å². The van der Waals surface area contributed by atoms with Gasteiger partial charge in [-0.25, -0.2) is 17.2 Å². The van der Waals surface area contributed by atoms with Gasteiger partial charge in [0.25, 0.3) is 5.91 Å². The van der Waals surface area contributed by atoms with Crippen molar-refractivity contribution >= 4 is 15.9 Å². The smallest absolute Gasteiger partial charge is 0.260 e. The Kier molecular flexibility index (Phi) is 5.71. The van der Waals surface area contributed by atoms with E-state index in [0.717, 1.165) is 6.07 Å². The molecule has 0 N–H and O–H groups in total. The lowest BCUT2D eigenvalue weighted by molar-refractivity contribution is -0.134. The normalized spacial score (nSPS) is 15.6. The molecular weight excluding hydrogens is 378 g/mol. The Bertz CT molecular complexity index is 928. The monoisotopic (exact) mass is 396 g/mol. The van der Waals surface area contributed by atoms with Crippen molar-refractivity contribution in [2.75, 3.05) is 32.8 Å². The fourth-order valence-corrected chi connectivity index (χ4v) is 4.20. The molecule has 0 unspecified atom stereocenters.